The summed E-state index contributed by atoms with van der Waals surface area (Å²) in [5.41, 5.74) is 0. The summed E-state index contributed by atoms with van der Waals surface area (Å²) in [4.78, 5) is 11.1. The first kappa shape index (κ1) is 11.0. The van der Waals surface area contributed by atoms with Crippen molar-refractivity contribution in [2.45, 2.75) is 25.7 Å². The van der Waals surface area contributed by atoms with Gasteiger partial charge in [0.05, 0.1) is 6.54 Å². The molecule has 0 N–H and O–H groups in total. The third kappa shape index (κ3) is 2.21. The molecule has 6 heteroatoms. The van der Waals surface area contributed by atoms with Crippen LogP contribution in [0, 0.1) is 0 Å². The Morgan fingerprint density at radius 1 is 0.933 bits per heavy atom. The van der Waals surface area contributed by atoms with Crippen molar-refractivity contribution in [3.8, 4) is 0 Å². The highest BCUT2D eigenvalue weighted by Crippen LogP contribution is 2.19. The second-order valence-corrected chi connectivity index (χ2v) is 6.02. The van der Waals surface area contributed by atoms with Crippen LogP contribution in [0.4, 0.5) is 0 Å². The van der Waals surface area contributed by atoms with Gasteiger partial charge in [0.25, 0.3) is 10.2 Å². The monoisotopic (exact) mass is 232 g/mol. The molecule has 2 fully saturated rings. The van der Waals surface area contributed by atoms with Gasteiger partial charge in [0.15, 0.2) is 0 Å². The molecule has 86 valence electrons. The molecule has 15 heavy (non-hydrogen) atoms. The van der Waals surface area contributed by atoms with Crippen LogP contribution < -0.4 is 0 Å². The quantitative estimate of drug-likeness (QED) is 0.673. The molecule has 2 saturated heterocycles. The number of hydrogen-bond acceptors (Lipinski definition) is 3. The Morgan fingerprint density at radius 2 is 1.60 bits per heavy atom. The fourth-order valence-electron chi connectivity index (χ4n) is 2.06. The van der Waals surface area contributed by atoms with E-state index in [0.717, 1.165) is 19.3 Å². The summed E-state index contributed by atoms with van der Waals surface area (Å²) in [7, 11) is -3.35. The van der Waals surface area contributed by atoms with Gasteiger partial charge < -0.3 is 0 Å². The lowest BCUT2D eigenvalue weighted by atomic mass is 10.2. The molecule has 0 aromatic carbocycles. The first-order valence-electron chi connectivity index (χ1n) is 5.37. The van der Waals surface area contributed by atoms with Crippen molar-refractivity contribution in [2.75, 3.05) is 26.2 Å². The van der Waals surface area contributed by atoms with E-state index < -0.39 is 10.2 Å². The van der Waals surface area contributed by atoms with Crippen molar-refractivity contribution in [1.29, 1.82) is 0 Å². The molecule has 0 unspecified atom stereocenters. The fourth-order valence-corrected chi connectivity index (χ4v) is 3.74. The summed E-state index contributed by atoms with van der Waals surface area (Å²) in [6.07, 6.45) is 3.33. The highest BCUT2D eigenvalue weighted by atomic mass is 32.2. The second-order valence-electron chi connectivity index (χ2n) is 4.09. The molecule has 2 aliphatic rings. The number of carbonyl (C=O) groups is 1. The number of carbonyl (C=O) groups excluding carboxylic acids is 1. The minimum absolute atomic E-state index is 0.0237. The second kappa shape index (κ2) is 4.19. The van der Waals surface area contributed by atoms with Crippen molar-refractivity contribution in [3.05, 3.63) is 0 Å². The van der Waals surface area contributed by atoms with Crippen molar-refractivity contribution < 1.29 is 13.2 Å². The van der Waals surface area contributed by atoms with Crippen LogP contribution in [0.2, 0.25) is 0 Å². The number of nitrogens with zero attached hydrogens (tertiary/aromatic N) is 2. The van der Waals surface area contributed by atoms with Gasteiger partial charge >= 0.3 is 0 Å². The summed E-state index contributed by atoms with van der Waals surface area (Å²) in [6.45, 7) is 1.64. The Hall–Kier alpha value is -0.460. The molecular weight excluding hydrogens is 216 g/mol. The average molecular weight is 232 g/mol. The molecule has 0 bridgehead atoms. The summed E-state index contributed by atoms with van der Waals surface area (Å²) >= 11 is 0. The molecule has 0 atom stereocenters. The maximum atomic E-state index is 12.0. The molecule has 0 aliphatic carbocycles. The van der Waals surface area contributed by atoms with Gasteiger partial charge in [-0.25, -0.2) is 0 Å². The normalized spacial score (nSPS) is 26.0. The molecule has 0 aromatic rings. The Bertz CT molecular complexity index is 346. The van der Waals surface area contributed by atoms with Gasteiger partial charge in [-0.3, -0.25) is 4.79 Å². The van der Waals surface area contributed by atoms with E-state index in [1.807, 2.05) is 0 Å². The maximum Gasteiger partial charge on any atom is 0.282 e. The van der Waals surface area contributed by atoms with Crippen LogP contribution in [-0.4, -0.2) is 49.0 Å². The number of Topliss-reactive ketones (excluding diaryl/α,β-unsaturated/α-hetero) is 1. The van der Waals surface area contributed by atoms with Gasteiger partial charge in [0.2, 0.25) is 0 Å². The Balaban J connectivity index is 2.08. The summed E-state index contributed by atoms with van der Waals surface area (Å²) in [6, 6.07) is 0. The van der Waals surface area contributed by atoms with Crippen LogP contribution in [0.1, 0.15) is 25.7 Å². The third-order valence-corrected chi connectivity index (χ3v) is 4.94. The molecule has 2 rings (SSSR count). The number of rotatable bonds is 2. The first-order chi connectivity index (χ1) is 7.10. The van der Waals surface area contributed by atoms with E-state index in [0.29, 0.717) is 26.1 Å². The SMILES string of the molecule is O=C1CCN(S(=O)(=O)N2CCCCC2)C1. The van der Waals surface area contributed by atoms with E-state index >= 15 is 0 Å². The van der Waals surface area contributed by atoms with Crippen molar-refractivity contribution in [1.82, 2.24) is 8.61 Å². The number of hydrogen-bond donors (Lipinski definition) is 0. The standard InChI is InChI=1S/C9H16N2O3S/c12-9-4-7-11(8-9)15(13,14)10-5-2-1-3-6-10/h1-8H2. The lowest BCUT2D eigenvalue weighted by Crippen LogP contribution is -2.45. The summed E-state index contributed by atoms with van der Waals surface area (Å²) < 4.78 is 26.9. The zero-order valence-electron chi connectivity index (χ0n) is 8.68. The highest BCUT2D eigenvalue weighted by Gasteiger charge is 2.34. The molecule has 5 nitrogen and oxygen atoms in total. The van der Waals surface area contributed by atoms with Crippen LogP contribution in [0.5, 0.6) is 0 Å². The lowest BCUT2D eigenvalue weighted by Gasteiger charge is -2.29. The van der Waals surface area contributed by atoms with Crippen molar-refractivity contribution >= 4 is 16.0 Å². The van der Waals surface area contributed by atoms with E-state index in [1.165, 1.54) is 8.61 Å². The zero-order valence-corrected chi connectivity index (χ0v) is 9.50. The minimum Gasteiger partial charge on any atom is -0.298 e. The predicted molar refractivity (Wildman–Crippen MR) is 55.5 cm³/mol. The maximum absolute atomic E-state index is 12.0. The third-order valence-electron chi connectivity index (χ3n) is 2.96. The number of piperidine rings is 1. The van der Waals surface area contributed by atoms with Gasteiger partial charge in [-0.05, 0) is 12.8 Å². The Morgan fingerprint density at radius 3 is 2.13 bits per heavy atom. The highest BCUT2D eigenvalue weighted by molar-refractivity contribution is 7.86. The first-order valence-corrected chi connectivity index (χ1v) is 6.77. The predicted octanol–water partition coefficient (Wildman–Crippen LogP) is -0.00810. The number of ketones is 1. The lowest BCUT2D eigenvalue weighted by molar-refractivity contribution is -0.116. The molecule has 0 aromatic heterocycles. The summed E-state index contributed by atoms with van der Waals surface area (Å²) in [5.74, 6) is 0.0237. The fraction of sp³-hybridized carbons (Fsp3) is 0.889. The largest absolute Gasteiger partial charge is 0.298 e. The van der Waals surface area contributed by atoms with Crippen LogP contribution in [0.3, 0.4) is 0 Å². The molecule has 0 amide bonds. The zero-order chi connectivity index (χ0) is 10.9. The van der Waals surface area contributed by atoms with E-state index in [2.05, 4.69) is 0 Å². The molecule has 0 saturated carbocycles. The molecule has 0 radical (unpaired) electrons. The van der Waals surface area contributed by atoms with E-state index in [9.17, 15) is 13.2 Å². The van der Waals surface area contributed by atoms with Crippen LogP contribution in [0.25, 0.3) is 0 Å². The topological polar surface area (TPSA) is 57.7 Å². The van der Waals surface area contributed by atoms with Crippen LogP contribution in [-0.2, 0) is 15.0 Å². The molecule has 2 heterocycles. The Kier molecular flexibility index (Phi) is 3.08. The van der Waals surface area contributed by atoms with Crippen molar-refractivity contribution in [2.24, 2.45) is 0 Å². The summed E-state index contributed by atoms with van der Waals surface area (Å²) in [5, 5.41) is 0. The van der Waals surface area contributed by atoms with Gasteiger partial charge in [-0.1, -0.05) is 6.42 Å². The Labute approximate surface area is 90.2 Å². The van der Waals surface area contributed by atoms with Gasteiger partial charge in [0, 0.05) is 26.1 Å². The van der Waals surface area contributed by atoms with Crippen LogP contribution >= 0.6 is 0 Å². The van der Waals surface area contributed by atoms with E-state index in [1.54, 1.807) is 0 Å². The average Bonchev–Trinajstić information content (AvgIpc) is 2.67. The van der Waals surface area contributed by atoms with Gasteiger partial charge in [-0.2, -0.15) is 17.0 Å². The molecular formula is C9H16N2O3S. The smallest absolute Gasteiger partial charge is 0.282 e. The minimum atomic E-state index is -3.35. The molecule has 0 spiro atoms. The van der Waals surface area contributed by atoms with E-state index in [-0.39, 0.29) is 12.3 Å². The van der Waals surface area contributed by atoms with E-state index in [4.69, 9.17) is 0 Å². The van der Waals surface area contributed by atoms with Crippen molar-refractivity contribution in [3.63, 3.8) is 0 Å². The molecule has 2 aliphatic heterocycles. The van der Waals surface area contributed by atoms with Gasteiger partial charge in [0.1, 0.15) is 5.78 Å². The van der Waals surface area contributed by atoms with Crippen LogP contribution in [0.15, 0.2) is 0 Å². The van der Waals surface area contributed by atoms with Gasteiger partial charge in [-0.15, -0.1) is 0 Å².